The molecule has 0 radical (unpaired) electrons. The second-order valence-corrected chi connectivity index (χ2v) is 6.72. The summed E-state index contributed by atoms with van der Waals surface area (Å²) < 4.78 is 4.87. The molecule has 0 unspecified atom stereocenters. The van der Waals surface area contributed by atoms with Gasteiger partial charge in [-0.05, 0) is 24.2 Å². The molecule has 0 atom stereocenters. The molecule has 118 valence electrons. The van der Waals surface area contributed by atoms with Crippen LogP contribution >= 0.6 is 0 Å². The van der Waals surface area contributed by atoms with Crippen LogP contribution in [-0.2, 0) is 6.54 Å². The van der Waals surface area contributed by atoms with Crippen molar-refractivity contribution in [3.8, 4) is 0 Å². The zero-order chi connectivity index (χ0) is 15.3. The summed E-state index contributed by atoms with van der Waals surface area (Å²) >= 11 is 0. The van der Waals surface area contributed by atoms with E-state index in [0.29, 0.717) is 12.0 Å². The topological polar surface area (TPSA) is 53.7 Å². The van der Waals surface area contributed by atoms with Crippen LogP contribution in [0.25, 0.3) is 0 Å². The Morgan fingerprint density at radius 2 is 2.19 bits per heavy atom. The van der Waals surface area contributed by atoms with Gasteiger partial charge >= 0.3 is 0 Å². The highest BCUT2D eigenvalue weighted by atomic mass is 16.5. The number of guanidine groups is 1. The Bertz CT molecular complexity index is 447. The minimum absolute atomic E-state index is 0.307. The van der Waals surface area contributed by atoms with Gasteiger partial charge in [-0.25, -0.2) is 0 Å². The van der Waals surface area contributed by atoms with Gasteiger partial charge in [0.1, 0.15) is 12.0 Å². The van der Waals surface area contributed by atoms with Crippen LogP contribution in [-0.4, -0.2) is 36.7 Å². The van der Waals surface area contributed by atoms with Gasteiger partial charge in [-0.2, -0.15) is 0 Å². The number of aromatic nitrogens is 1. The quantitative estimate of drug-likeness (QED) is 0.670. The van der Waals surface area contributed by atoms with Crippen molar-refractivity contribution in [1.29, 1.82) is 0 Å². The minimum atomic E-state index is 0.307. The first-order valence-electron chi connectivity index (χ1n) is 7.84. The van der Waals surface area contributed by atoms with Crippen molar-refractivity contribution in [1.82, 2.24) is 15.4 Å². The summed E-state index contributed by atoms with van der Waals surface area (Å²) in [7, 11) is 3.84. The molecule has 0 aromatic carbocycles. The lowest BCUT2D eigenvalue weighted by Gasteiger charge is -2.33. The molecule has 1 fully saturated rings. The van der Waals surface area contributed by atoms with Crippen LogP contribution in [0.1, 0.15) is 45.2 Å². The molecule has 1 saturated carbocycles. The SMILES string of the molecule is CN=C(NCC(C)(C)C1CCCC1)N(C)Cc1ccon1. The first-order chi connectivity index (χ1) is 10.0. The molecule has 1 aliphatic rings. The van der Waals surface area contributed by atoms with Crippen molar-refractivity contribution in [2.24, 2.45) is 16.3 Å². The zero-order valence-electron chi connectivity index (χ0n) is 13.7. The van der Waals surface area contributed by atoms with E-state index in [2.05, 4.69) is 34.2 Å². The molecule has 1 aromatic heterocycles. The molecule has 0 bridgehead atoms. The highest BCUT2D eigenvalue weighted by Gasteiger charge is 2.31. The predicted octanol–water partition coefficient (Wildman–Crippen LogP) is 2.90. The molecule has 2 rings (SSSR count). The predicted molar refractivity (Wildman–Crippen MR) is 85.1 cm³/mol. The minimum Gasteiger partial charge on any atom is -0.364 e. The van der Waals surface area contributed by atoms with Gasteiger partial charge in [0.05, 0.1) is 6.54 Å². The average Bonchev–Trinajstić information content (AvgIpc) is 3.12. The Hall–Kier alpha value is -1.52. The Labute approximate surface area is 127 Å². The van der Waals surface area contributed by atoms with Crippen molar-refractivity contribution in [2.45, 2.75) is 46.1 Å². The van der Waals surface area contributed by atoms with Gasteiger partial charge in [-0.1, -0.05) is 31.8 Å². The highest BCUT2D eigenvalue weighted by Crippen LogP contribution is 2.38. The molecule has 1 N–H and O–H groups in total. The van der Waals surface area contributed by atoms with E-state index in [9.17, 15) is 0 Å². The first-order valence-corrected chi connectivity index (χ1v) is 7.84. The molecule has 0 saturated heterocycles. The Balaban J connectivity index is 1.87. The van der Waals surface area contributed by atoms with Crippen molar-refractivity contribution in [3.05, 3.63) is 18.0 Å². The number of nitrogens with zero attached hydrogens (tertiary/aromatic N) is 3. The van der Waals surface area contributed by atoms with Gasteiger partial charge in [0, 0.05) is 26.7 Å². The van der Waals surface area contributed by atoms with Crippen LogP contribution in [0.15, 0.2) is 21.8 Å². The summed E-state index contributed by atoms with van der Waals surface area (Å²) in [6, 6.07) is 1.88. The summed E-state index contributed by atoms with van der Waals surface area (Å²) in [5.41, 5.74) is 1.22. The summed E-state index contributed by atoms with van der Waals surface area (Å²) in [5, 5.41) is 7.46. The third kappa shape index (κ3) is 4.22. The van der Waals surface area contributed by atoms with Crippen molar-refractivity contribution in [2.75, 3.05) is 20.6 Å². The van der Waals surface area contributed by atoms with Gasteiger partial charge < -0.3 is 14.7 Å². The van der Waals surface area contributed by atoms with Crippen LogP contribution in [0, 0.1) is 11.3 Å². The first kappa shape index (κ1) is 15.9. The zero-order valence-corrected chi connectivity index (χ0v) is 13.7. The van der Waals surface area contributed by atoms with E-state index < -0.39 is 0 Å². The molecule has 0 spiro atoms. The van der Waals surface area contributed by atoms with Crippen LogP contribution in [0.4, 0.5) is 0 Å². The summed E-state index contributed by atoms with van der Waals surface area (Å²) in [4.78, 5) is 6.44. The number of hydrogen-bond donors (Lipinski definition) is 1. The van der Waals surface area contributed by atoms with Crippen LogP contribution in [0.2, 0.25) is 0 Å². The molecule has 1 heterocycles. The lowest BCUT2D eigenvalue weighted by Crippen LogP contribution is -2.44. The number of aliphatic imine (C=N–C) groups is 1. The van der Waals surface area contributed by atoms with Crippen molar-refractivity contribution < 1.29 is 4.52 Å². The Kier molecular flexibility index (Phi) is 5.26. The number of hydrogen-bond acceptors (Lipinski definition) is 3. The molecule has 5 nitrogen and oxygen atoms in total. The third-order valence-corrected chi connectivity index (χ3v) is 4.63. The standard InChI is InChI=1S/C16H28N4O/c1-16(2,13-7-5-6-8-13)12-18-15(17-3)20(4)11-14-9-10-21-19-14/h9-10,13H,5-8,11-12H2,1-4H3,(H,17,18). The second kappa shape index (κ2) is 6.96. The third-order valence-electron chi connectivity index (χ3n) is 4.63. The van der Waals surface area contributed by atoms with E-state index in [4.69, 9.17) is 4.52 Å². The molecule has 21 heavy (non-hydrogen) atoms. The van der Waals surface area contributed by atoms with E-state index in [0.717, 1.165) is 24.1 Å². The van der Waals surface area contributed by atoms with E-state index in [1.807, 2.05) is 20.2 Å². The normalized spacial score (nSPS) is 17.2. The lowest BCUT2D eigenvalue weighted by atomic mass is 9.78. The molecule has 1 aromatic rings. The summed E-state index contributed by atoms with van der Waals surface area (Å²) in [6.07, 6.45) is 7.09. The van der Waals surface area contributed by atoms with Crippen LogP contribution in [0.5, 0.6) is 0 Å². The monoisotopic (exact) mass is 292 g/mol. The molecular weight excluding hydrogens is 264 g/mol. The highest BCUT2D eigenvalue weighted by molar-refractivity contribution is 5.79. The van der Waals surface area contributed by atoms with Gasteiger partial charge in [-0.15, -0.1) is 0 Å². The molecule has 0 aliphatic heterocycles. The van der Waals surface area contributed by atoms with E-state index in [-0.39, 0.29) is 0 Å². The van der Waals surface area contributed by atoms with E-state index >= 15 is 0 Å². The molecule has 0 amide bonds. The second-order valence-electron chi connectivity index (χ2n) is 6.72. The Morgan fingerprint density at radius 3 is 2.76 bits per heavy atom. The van der Waals surface area contributed by atoms with Crippen LogP contribution < -0.4 is 5.32 Å². The fourth-order valence-corrected chi connectivity index (χ4v) is 3.18. The van der Waals surface area contributed by atoms with Gasteiger partial charge in [-0.3, -0.25) is 4.99 Å². The Morgan fingerprint density at radius 1 is 1.48 bits per heavy atom. The lowest BCUT2D eigenvalue weighted by molar-refractivity contribution is 0.216. The maximum atomic E-state index is 4.87. The maximum Gasteiger partial charge on any atom is 0.193 e. The fraction of sp³-hybridized carbons (Fsp3) is 0.750. The average molecular weight is 292 g/mol. The fourth-order valence-electron chi connectivity index (χ4n) is 3.18. The number of rotatable bonds is 5. The smallest absolute Gasteiger partial charge is 0.193 e. The van der Waals surface area contributed by atoms with Gasteiger partial charge in [0.25, 0.3) is 0 Å². The van der Waals surface area contributed by atoms with Crippen molar-refractivity contribution in [3.63, 3.8) is 0 Å². The largest absolute Gasteiger partial charge is 0.364 e. The van der Waals surface area contributed by atoms with E-state index in [1.165, 1.54) is 25.7 Å². The number of nitrogens with one attached hydrogen (secondary N) is 1. The molecular formula is C16H28N4O. The van der Waals surface area contributed by atoms with Gasteiger partial charge in [0.2, 0.25) is 0 Å². The van der Waals surface area contributed by atoms with E-state index in [1.54, 1.807) is 6.26 Å². The van der Waals surface area contributed by atoms with Gasteiger partial charge in [0.15, 0.2) is 5.96 Å². The van der Waals surface area contributed by atoms with Crippen molar-refractivity contribution >= 4 is 5.96 Å². The summed E-state index contributed by atoms with van der Waals surface area (Å²) in [5.74, 6) is 1.73. The maximum absolute atomic E-state index is 4.87. The molecule has 1 aliphatic carbocycles. The van der Waals surface area contributed by atoms with Crippen LogP contribution in [0.3, 0.4) is 0 Å². The molecule has 5 heteroatoms. The summed E-state index contributed by atoms with van der Waals surface area (Å²) in [6.45, 7) is 6.37.